The van der Waals surface area contributed by atoms with Gasteiger partial charge in [-0.1, -0.05) is 24.3 Å². The van der Waals surface area contributed by atoms with Crippen molar-refractivity contribution >= 4 is 66.6 Å². The fourth-order valence-corrected chi connectivity index (χ4v) is 6.23. The van der Waals surface area contributed by atoms with E-state index in [4.69, 9.17) is 9.97 Å². The molecule has 0 aliphatic carbocycles. The van der Waals surface area contributed by atoms with Crippen LogP contribution in [-0.4, -0.2) is 45.9 Å². The number of nitrogens with one attached hydrogen (secondary N) is 2. The van der Waals surface area contributed by atoms with Crippen molar-refractivity contribution in [3.8, 4) is 22.3 Å². The summed E-state index contributed by atoms with van der Waals surface area (Å²) in [7, 11) is -8.68. The summed E-state index contributed by atoms with van der Waals surface area (Å²) in [6, 6.07) is 23.3. The van der Waals surface area contributed by atoms with Crippen LogP contribution < -0.4 is 0 Å². The van der Waals surface area contributed by atoms with Gasteiger partial charge in [0.1, 0.15) is 0 Å². The third kappa shape index (κ3) is 5.27. The molecule has 7 rings (SSSR count). The van der Waals surface area contributed by atoms with Gasteiger partial charge < -0.3 is 9.97 Å². The Morgan fingerprint density at radius 1 is 0.500 bits per heavy atom. The third-order valence-corrected chi connectivity index (χ3v) is 9.02. The molecular weight excluding hydrogens is 601 g/mol. The number of hydrogen-bond donors (Lipinski definition) is 4. The molecule has 0 saturated heterocycles. The minimum absolute atomic E-state index is 0.196. The molecule has 2 aliphatic rings. The van der Waals surface area contributed by atoms with Gasteiger partial charge in [-0.25, -0.2) is 9.97 Å². The molecule has 12 heteroatoms. The number of benzene rings is 2. The summed E-state index contributed by atoms with van der Waals surface area (Å²) < 4.78 is 65.4. The van der Waals surface area contributed by atoms with Crippen molar-refractivity contribution in [2.45, 2.75) is 9.79 Å². The maximum atomic E-state index is 11.6. The van der Waals surface area contributed by atoms with Gasteiger partial charge in [0, 0.05) is 33.2 Å². The highest BCUT2D eigenvalue weighted by Gasteiger charge is 2.17. The predicted molar refractivity (Wildman–Crippen MR) is 169 cm³/mol. The number of rotatable bonds is 4. The zero-order valence-corrected chi connectivity index (χ0v) is 24.3. The van der Waals surface area contributed by atoms with Gasteiger partial charge in [0.2, 0.25) is 0 Å². The van der Waals surface area contributed by atoms with Gasteiger partial charge in [0.15, 0.2) is 0 Å². The first-order valence-corrected chi connectivity index (χ1v) is 16.2. The summed E-state index contributed by atoms with van der Waals surface area (Å²) in [5.41, 5.74) is 8.57. The third-order valence-electron chi connectivity index (χ3n) is 7.28. The molecule has 3 aromatic heterocycles. The van der Waals surface area contributed by atoms with Crippen LogP contribution >= 0.6 is 0 Å². The standard InChI is InChI=1S/C32H22N4O6S2/c37-43(38,39)25-9-1-19(2-10-25)31-27-13-5-21(33-27)17-23-7-15-29(35-23)32(20-3-11-26(12-4-20)44(40,41)42)30-16-8-24(36-30)18-22-6-14-28(31)34-22/h1-18,33-34H,(H,37,38,39)(H,40,41,42). The Hall–Kier alpha value is -5.14. The van der Waals surface area contributed by atoms with E-state index in [0.717, 1.165) is 33.2 Å². The summed E-state index contributed by atoms with van der Waals surface area (Å²) in [6.07, 6.45) is 7.46. The number of nitrogens with zero attached hydrogens (tertiary/aromatic N) is 2. The van der Waals surface area contributed by atoms with Crippen LogP contribution in [0.5, 0.6) is 0 Å². The second-order valence-corrected chi connectivity index (χ2v) is 13.0. The van der Waals surface area contributed by atoms with Crippen molar-refractivity contribution in [2.75, 3.05) is 0 Å². The zero-order chi connectivity index (χ0) is 30.6. The van der Waals surface area contributed by atoms with Gasteiger partial charge in [0.05, 0.1) is 32.6 Å². The lowest BCUT2D eigenvalue weighted by Gasteiger charge is -2.06. The zero-order valence-electron chi connectivity index (χ0n) is 22.6. The molecule has 0 unspecified atom stereocenters. The largest absolute Gasteiger partial charge is 0.355 e. The Bertz CT molecular complexity index is 2330. The van der Waals surface area contributed by atoms with Gasteiger partial charge >= 0.3 is 0 Å². The van der Waals surface area contributed by atoms with Crippen molar-refractivity contribution < 1.29 is 25.9 Å². The molecule has 2 aromatic carbocycles. The van der Waals surface area contributed by atoms with Crippen LogP contribution in [0.3, 0.4) is 0 Å². The van der Waals surface area contributed by atoms with Crippen LogP contribution in [0.25, 0.3) is 68.6 Å². The van der Waals surface area contributed by atoms with Gasteiger partial charge in [-0.15, -0.1) is 0 Å². The van der Waals surface area contributed by atoms with E-state index in [1.165, 1.54) is 24.3 Å². The number of aromatic amines is 2. The van der Waals surface area contributed by atoms with E-state index in [1.54, 1.807) is 24.3 Å². The van der Waals surface area contributed by atoms with E-state index in [1.807, 2.05) is 60.7 Å². The van der Waals surface area contributed by atoms with Crippen LogP contribution in [0.2, 0.25) is 0 Å². The Labute approximate surface area is 251 Å². The normalized spacial score (nSPS) is 13.0. The van der Waals surface area contributed by atoms with Crippen molar-refractivity contribution in [1.29, 1.82) is 0 Å². The summed E-state index contributed by atoms with van der Waals surface area (Å²) in [5.74, 6) is 0. The van der Waals surface area contributed by atoms with Crippen LogP contribution in [0, 0.1) is 0 Å². The average Bonchev–Trinajstić information content (AvgIpc) is 3.79. The van der Waals surface area contributed by atoms with E-state index in [-0.39, 0.29) is 9.79 Å². The predicted octanol–water partition coefficient (Wildman–Crippen LogP) is 6.48. The molecule has 218 valence electrons. The Morgan fingerprint density at radius 3 is 1.32 bits per heavy atom. The summed E-state index contributed by atoms with van der Waals surface area (Å²) in [6.45, 7) is 0. The topological polar surface area (TPSA) is 166 Å². The fraction of sp³-hybridized carbons (Fsp3) is 0. The number of aromatic nitrogens is 4. The molecule has 44 heavy (non-hydrogen) atoms. The monoisotopic (exact) mass is 622 g/mol. The fourth-order valence-electron chi connectivity index (χ4n) is 5.27. The average molecular weight is 623 g/mol. The smallest absolute Gasteiger partial charge is 0.294 e. The summed E-state index contributed by atoms with van der Waals surface area (Å²) in [4.78, 5) is 16.1. The quantitative estimate of drug-likeness (QED) is 0.162. The number of hydrogen-bond acceptors (Lipinski definition) is 6. The first-order chi connectivity index (χ1) is 21.0. The molecule has 0 amide bonds. The molecule has 5 heterocycles. The van der Waals surface area contributed by atoms with E-state index < -0.39 is 20.2 Å². The van der Waals surface area contributed by atoms with Gasteiger partial charge in [-0.2, -0.15) is 16.8 Å². The van der Waals surface area contributed by atoms with Crippen molar-refractivity contribution in [3.05, 3.63) is 108 Å². The minimum atomic E-state index is -4.35. The highest BCUT2D eigenvalue weighted by Crippen LogP contribution is 2.33. The molecule has 0 saturated carbocycles. The SMILES string of the molecule is O=S(=O)(O)c1ccc(-c2c3nc(cc4ccc([nH]4)c(-c4ccc(S(=O)(=O)O)cc4)c4ccc(cc5nc2C=C5)[nH]4)C=C3)cc1. The lowest BCUT2D eigenvalue weighted by molar-refractivity contribution is 0.481. The van der Waals surface area contributed by atoms with Crippen LogP contribution in [-0.2, 0) is 20.2 Å². The van der Waals surface area contributed by atoms with E-state index >= 15 is 0 Å². The van der Waals surface area contributed by atoms with Crippen molar-refractivity contribution in [2.24, 2.45) is 0 Å². The molecule has 2 aliphatic heterocycles. The summed E-state index contributed by atoms with van der Waals surface area (Å²) >= 11 is 0. The molecular formula is C32H22N4O6S2. The maximum Gasteiger partial charge on any atom is 0.294 e. The van der Waals surface area contributed by atoms with Crippen LogP contribution in [0.15, 0.2) is 94.7 Å². The molecule has 4 N–H and O–H groups in total. The molecule has 0 radical (unpaired) electrons. The molecule has 10 nitrogen and oxygen atoms in total. The second kappa shape index (κ2) is 10.2. The Morgan fingerprint density at radius 2 is 0.909 bits per heavy atom. The van der Waals surface area contributed by atoms with E-state index in [0.29, 0.717) is 33.9 Å². The molecule has 0 spiro atoms. The first-order valence-electron chi connectivity index (χ1n) is 13.3. The highest BCUT2D eigenvalue weighted by atomic mass is 32.2. The Kier molecular flexibility index (Phi) is 6.44. The van der Waals surface area contributed by atoms with E-state index in [9.17, 15) is 25.9 Å². The van der Waals surface area contributed by atoms with Gasteiger partial charge in [-0.05, 0) is 96.1 Å². The lowest BCUT2D eigenvalue weighted by Crippen LogP contribution is -1.97. The maximum absolute atomic E-state index is 11.6. The first kappa shape index (κ1) is 27.7. The second-order valence-electron chi connectivity index (χ2n) is 10.2. The Balaban J connectivity index is 1.49. The van der Waals surface area contributed by atoms with E-state index in [2.05, 4.69) is 9.97 Å². The summed E-state index contributed by atoms with van der Waals surface area (Å²) in [5, 5.41) is 0. The van der Waals surface area contributed by atoms with Crippen LogP contribution in [0.4, 0.5) is 0 Å². The number of H-pyrrole nitrogens is 2. The van der Waals surface area contributed by atoms with Gasteiger partial charge in [0.25, 0.3) is 20.2 Å². The molecule has 0 atom stereocenters. The van der Waals surface area contributed by atoms with Gasteiger partial charge in [-0.3, -0.25) is 9.11 Å². The molecule has 5 aromatic rings. The molecule has 0 fully saturated rings. The number of fused-ring (bicyclic) bond motifs is 8. The van der Waals surface area contributed by atoms with Crippen molar-refractivity contribution in [3.63, 3.8) is 0 Å². The molecule has 8 bridgehead atoms. The van der Waals surface area contributed by atoms with Crippen molar-refractivity contribution in [1.82, 2.24) is 19.9 Å². The highest BCUT2D eigenvalue weighted by molar-refractivity contribution is 7.86. The van der Waals surface area contributed by atoms with Crippen LogP contribution in [0.1, 0.15) is 22.8 Å². The minimum Gasteiger partial charge on any atom is -0.355 e. The lowest BCUT2D eigenvalue weighted by atomic mass is 10.0.